The Morgan fingerprint density at radius 3 is 2.44 bits per heavy atom. The summed E-state index contributed by atoms with van der Waals surface area (Å²) in [6, 6.07) is 6.27. The summed E-state index contributed by atoms with van der Waals surface area (Å²) in [6.07, 6.45) is 1.35. The Morgan fingerprint density at radius 2 is 2.00 bits per heavy atom. The molecule has 0 aliphatic heterocycles. The Labute approximate surface area is 107 Å². The molecule has 98 valence electrons. The fourth-order valence-corrected chi connectivity index (χ4v) is 2.02. The van der Waals surface area contributed by atoms with E-state index in [2.05, 4.69) is 0 Å². The molecule has 1 aromatic rings. The molecule has 0 aromatic heterocycles. The molecular weight excluding hydrogens is 230 g/mol. The lowest BCUT2D eigenvalue weighted by molar-refractivity contribution is -0.148. The van der Waals surface area contributed by atoms with Gasteiger partial charge in [0.05, 0.1) is 0 Å². The molecule has 1 atom stereocenters. The SMILES string of the molecule is CCc1ccccc1C(C(=O)O)N(C=O)C(C)C. The first-order chi connectivity index (χ1) is 8.52. The fraction of sp³-hybridized carbons (Fsp3) is 0.429. The van der Waals surface area contributed by atoms with Crippen LogP contribution in [0.4, 0.5) is 0 Å². The molecule has 0 fully saturated rings. The zero-order chi connectivity index (χ0) is 13.7. The summed E-state index contributed by atoms with van der Waals surface area (Å²) in [6.45, 7) is 5.58. The van der Waals surface area contributed by atoms with E-state index in [4.69, 9.17) is 0 Å². The number of aryl methyl sites for hydroxylation is 1. The van der Waals surface area contributed by atoms with E-state index in [1.54, 1.807) is 26.0 Å². The van der Waals surface area contributed by atoms with E-state index >= 15 is 0 Å². The second-order valence-electron chi connectivity index (χ2n) is 4.44. The number of aliphatic carboxylic acids is 1. The van der Waals surface area contributed by atoms with Crippen LogP contribution in [0.25, 0.3) is 0 Å². The van der Waals surface area contributed by atoms with Crippen LogP contribution in [0.2, 0.25) is 0 Å². The van der Waals surface area contributed by atoms with Crippen molar-refractivity contribution in [2.75, 3.05) is 0 Å². The molecule has 0 saturated heterocycles. The number of carboxylic acid groups (broad SMARTS) is 1. The van der Waals surface area contributed by atoms with E-state index in [9.17, 15) is 14.7 Å². The molecule has 0 radical (unpaired) electrons. The Hall–Kier alpha value is -1.84. The Kier molecular flexibility index (Phi) is 4.89. The third-order valence-corrected chi connectivity index (χ3v) is 2.98. The van der Waals surface area contributed by atoms with Crippen LogP contribution in [-0.2, 0) is 16.0 Å². The molecule has 1 rings (SSSR count). The summed E-state index contributed by atoms with van der Waals surface area (Å²) in [5.41, 5.74) is 1.64. The van der Waals surface area contributed by atoms with Crippen LogP contribution in [0.5, 0.6) is 0 Å². The molecular formula is C14H19NO3. The highest BCUT2D eigenvalue weighted by molar-refractivity contribution is 5.78. The number of hydrogen-bond donors (Lipinski definition) is 1. The van der Waals surface area contributed by atoms with Crippen molar-refractivity contribution in [1.29, 1.82) is 0 Å². The van der Waals surface area contributed by atoms with E-state index in [-0.39, 0.29) is 6.04 Å². The minimum Gasteiger partial charge on any atom is -0.479 e. The van der Waals surface area contributed by atoms with E-state index in [1.165, 1.54) is 4.90 Å². The summed E-state index contributed by atoms with van der Waals surface area (Å²) in [5, 5.41) is 9.40. The molecule has 0 aliphatic rings. The van der Waals surface area contributed by atoms with Crippen molar-refractivity contribution in [1.82, 2.24) is 4.90 Å². The average Bonchev–Trinajstić information content (AvgIpc) is 2.34. The van der Waals surface area contributed by atoms with Gasteiger partial charge in [0.15, 0.2) is 6.04 Å². The summed E-state index contributed by atoms with van der Waals surface area (Å²) in [5.74, 6) is -1.00. The van der Waals surface area contributed by atoms with Crippen molar-refractivity contribution in [3.63, 3.8) is 0 Å². The Balaban J connectivity index is 3.27. The van der Waals surface area contributed by atoms with Crippen LogP contribution in [0.1, 0.15) is 37.9 Å². The summed E-state index contributed by atoms with van der Waals surface area (Å²) in [7, 11) is 0. The van der Waals surface area contributed by atoms with Crippen molar-refractivity contribution in [2.45, 2.75) is 39.3 Å². The van der Waals surface area contributed by atoms with Crippen LogP contribution in [0, 0.1) is 0 Å². The average molecular weight is 249 g/mol. The van der Waals surface area contributed by atoms with Gasteiger partial charge in [0.25, 0.3) is 0 Å². The zero-order valence-electron chi connectivity index (χ0n) is 11.0. The van der Waals surface area contributed by atoms with Gasteiger partial charge in [-0.15, -0.1) is 0 Å². The molecule has 4 heteroatoms. The molecule has 1 N–H and O–H groups in total. The van der Waals surface area contributed by atoms with Gasteiger partial charge in [0, 0.05) is 6.04 Å². The van der Waals surface area contributed by atoms with E-state index in [0.29, 0.717) is 12.0 Å². The summed E-state index contributed by atoms with van der Waals surface area (Å²) < 4.78 is 0. The standard InChI is InChI=1S/C14H19NO3/c1-4-11-7-5-6-8-12(11)13(14(17)18)15(9-16)10(2)3/h5-10,13H,4H2,1-3H3,(H,17,18). The van der Waals surface area contributed by atoms with Gasteiger partial charge in [0.1, 0.15) is 0 Å². The zero-order valence-corrected chi connectivity index (χ0v) is 11.0. The van der Waals surface area contributed by atoms with Gasteiger partial charge in [-0.25, -0.2) is 4.79 Å². The number of amides is 1. The smallest absolute Gasteiger partial charge is 0.331 e. The molecule has 1 unspecified atom stereocenters. The minimum absolute atomic E-state index is 0.159. The number of hydrogen-bond acceptors (Lipinski definition) is 2. The van der Waals surface area contributed by atoms with Gasteiger partial charge in [0.2, 0.25) is 6.41 Å². The van der Waals surface area contributed by atoms with Crippen LogP contribution in [0.15, 0.2) is 24.3 Å². The van der Waals surface area contributed by atoms with E-state index in [1.807, 2.05) is 19.1 Å². The van der Waals surface area contributed by atoms with Crippen molar-refractivity contribution in [2.24, 2.45) is 0 Å². The molecule has 1 amide bonds. The Bertz CT molecular complexity index is 429. The maximum absolute atomic E-state index is 11.5. The third-order valence-electron chi connectivity index (χ3n) is 2.98. The fourth-order valence-electron chi connectivity index (χ4n) is 2.02. The molecule has 0 heterocycles. The first kappa shape index (κ1) is 14.2. The number of benzene rings is 1. The Morgan fingerprint density at radius 1 is 1.39 bits per heavy atom. The van der Waals surface area contributed by atoms with Crippen LogP contribution in [0.3, 0.4) is 0 Å². The van der Waals surface area contributed by atoms with E-state index in [0.717, 1.165) is 12.0 Å². The van der Waals surface area contributed by atoms with Gasteiger partial charge < -0.3 is 10.0 Å². The highest BCUT2D eigenvalue weighted by atomic mass is 16.4. The molecule has 0 saturated carbocycles. The largest absolute Gasteiger partial charge is 0.479 e. The van der Waals surface area contributed by atoms with Crippen LogP contribution >= 0.6 is 0 Å². The van der Waals surface area contributed by atoms with E-state index < -0.39 is 12.0 Å². The minimum atomic E-state index is -1.00. The predicted octanol–water partition coefficient (Wildman–Crippen LogP) is 2.24. The van der Waals surface area contributed by atoms with Gasteiger partial charge in [-0.3, -0.25) is 4.79 Å². The first-order valence-electron chi connectivity index (χ1n) is 6.06. The van der Waals surface area contributed by atoms with Gasteiger partial charge in [-0.2, -0.15) is 0 Å². The van der Waals surface area contributed by atoms with Gasteiger partial charge >= 0.3 is 5.97 Å². The number of carbonyl (C=O) groups excluding carboxylic acids is 1. The van der Waals surface area contributed by atoms with Gasteiger partial charge in [-0.1, -0.05) is 31.2 Å². The maximum Gasteiger partial charge on any atom is 0.331 e. The quantitative estimate of drug-likeness (QED) is 0.787. The summed E-state index contributed by atoms with van der Waals surface area (Å²) >= 11 is 0. The van der Waals surface area contributed by atoms with Crippen molar-refractivity contribution < 1.29 is 14.7 Å². The lowest BCUT2D eigenvalue weighted by atomic mass is 9.97. The normalized spacial score (nSPS) is 12.2. The number of carbonyl (C=O) groups is 2. The van der Waals surface area contributed by atoms with Crippen molar-refractivity contribution in [3.05, 3.63) is 35.4 Å². The second kappa shape index (κ2) is 6.19. The number of nitrogens with zero attached hydrogens (tertiary/aromatic N) is 1. The first-order valence-corrected chi connectivity index (χ1v) is 6.06. The molecule has 0 aliphatic carbocycles. The topological polar surface area (TPSA) is 57.6 Å². The number of carboxylic acids is 1. The van der Waals surface area contributed by atoms with Crippen molar-refractivity contribution >= 4 is 12.4 Å². The summed E-state index contributed by atoms with van der Waals surface area (Å²) in [4.78, 5) is 23.9. The molecule has 18 heavy (non-hydrogen) atoms. The highest BCUT2D eigenvalue weighted by Crippen LogP contribution is 2.25. The van der Waals surface area contributed by atoms with Crippen LogP contribution in [-0.4, -0.2) is 28.4 Å². The maximum atomic E-state index is 11.5. The lowest BCUT2D eigenvalue weighted by Gasteiger charge is -2.30. The lowest BCUT2D eigenvalue weighted by Crippen LogP contribution is -2.38. The molecule has 0 bridgehead atoms. The van der Waals surface area contributed by atoms with Gasteiger partial charge in [-0.05, 0) is 31.4 Å². The predicted molar refractivity (Wildman–Crippen MR) is 69.2 cm³/mol. The molecule has 0 spiro atoms. The molecule has 4 nitrogen and oxygen atoms in total. The highest BCUT2D eigenvalue weighted by Gasteiger charge is 2.29. The second-order valence-corrected chi connectivity index (χ2v) is 4.44. The van der Waals surface area contributed by atoms with Crippen LogP contribution < -0.4 is 0 Å². The third kappa shape index (κ3) is 2.88. The monoisotopic (exact) mass is 249 g/mol. The van der Waals surface area contributed by atoms with Crippen molar-refractivity contribution in [3.8, 4) is 0 Å². The number of rotatable bonds is 6. The molecule has 1 aromatic carbocycles.